The molecule has 2 aromatic rings. The van der Waals surface area contributed by atoms with Crippen LogP contribution in [0.15, 0.2) is 24.3 Å². The zero-order valence-electron chi connectivity index (χ0n) is 10.5. The Kier molecular flexibility index (Phi) is 3.64. The van der Waals surface area contributed by atoms with E-state index in [-0.39, 0.29) is 6.54 Å². The summed E-state index contributed by atoms with van der Waals surface area (Å²) in [7, 11) is 1.63. The zero-order valence-corrected chi connectivity index (χ0v) is 10.5. The van der Waals surface area contributed by atoms with Crippen molar-refractivity contribution in [2.24, 2.45) is 5.73 Å². The predicted octanol–water partition coefficient (Wildman–Crippen LogP) is 1.39. The number of hydrogen-bond donors (Lipinski definition) is 3. The molecule has 0 radical (unpaired) electrons. The Balaban J connectivity index is 2.40. The fourth-order valence-electron chi connectivity index (χ4n) is 1.80. The molecule has 5 heteroatoms. The number of aliphatic hydroxyl groups excluding tert-OH is 1. The van der Waals surface area contributed by atoms with Gasteiger partial charge >= 0.3 is 0 Å². The molecule has 0 aliphatic rings. The molecule has 0 saturated heterocycles. The molecular weight excluding hydrogens is 230 g/mol. The Morgan fingerprint density at radius 1 is 1.50 bits per heavy atom. The summed E-state index contributed by atoms with van der Waals surface area (Å²) in [5.41, 5.74) is 8.06. The minimum Gasteiger partial charge on any atom is -0.497 e. The van der Waals surface area contributed by atoms with Crippen LogP contribution in [0.2, 0.25) is 0 Å². The first kappa shape index (κ1) is 12.6. The van der Waals surface area contributed by atoms with Crippen LogP contribution in [0.25, 0.3) is 11.3 Å². The molecule has 1 unspecified atom stereocenters. The number of aliphatic hydroxyl groups is 1. The molecule has 2 rings (SSSR count). The van der Waals surface area contributed by atoms with Gasteiger partial charge in [-0.25, -0.2) is 4.98 Å². The number of nitrogens with one attached hydrogen (secondary N) is 1. The van der Waals surface area contributed by atoms with Crippen molar-refractivity contribution in [3.05, 3.63) is 35.8 Å². The number of ether oxygens (including phenoxy) is 1. The van der Waals surface area contributed by atoms with E-state index in [9.17, 15) is 5.11 Å². The molecule has 0 saturated carbocycles. The van der Waals surface area contributed by atoms with Gasteiger partial charge in [0.25, 0.3) is 0 Å². The highest BCUT2D eigenvalue weighted by Gasteiger charge is 2.14. The molecule has 0 amide bonds. The van der Waals surface area contributed by atoms with E-state index < -0.39 is 6.10 Å². The molecule has 4 N–H and O–H groups in total. The molecule has 0 spiro atoms. The van der Waals surface area contributed by atoms with E-state index in [1.165, 1.54) is 0 Å². The lowest BCUT2D eigenvalue weighted by Crippen LogP contribution is -2.12. The van der Waals surface area contributed by atoms with Gasteiger partial charge in [0, 0.05) is 17.8 Å². The number of rotatable bonds is 4. The highest BCUT2D eigenvalue weighted by atomic mass is 16.5. The highest BCUT2D eigenvalue weighted by Crippen LogP contribution is 2.26. The van der Waals surface area contributed by atoms with E-state index in [1.54, 1.807) is 7.11 Å². The van der Waals surface area contributed by atoms with Gasteiger partial charge in [-0.05, 0) is 19.1 Å². The van der Waals surface area contributed by atoms with Gasteiger partial charge in [0.05, 0.1) is 12.8 Å². The van der Waals surface area contributed by atoms with Crippen molar-refractivity contribution in [3.8, 4) is 17.0 Å². The number of hydrogen-bond acceptors (Lipinski definition) is 4. The largest absolute Gasteiger partial charge is 0.497 e. The smallest absolute Gasteiger partial charge is 0.137 e. The Labute approximate surface area is 106 Å². The molecule has 96 valence electrons. The molecular formula is C13H17N3O2. The summed E-state index contributed by atoms with van der Waals surface area (Å²) in [5, 5.41) is 9.67. The summed E-state index contributed by atoms with van der Waals surface area (Å²) in [6.45, 7) is 2.05. The van der Waals surface area contributed by atoms with Gasteiger partial charge in [0.15, 0.2) is 0 Å². The Bertz CT molecular complexity index is 537. The van der Waals surface area contributed by atoms with Crippen LogP contribution >= 0.6 is 0 Å². The molecule has 1 aromatic heterocycles. The van der Waals surface area contributed by atoms with Crippen molar-refractivity contribution in [1.29, 1.82) is 0 Å². The topological polar surface area (TPSA) is 84.2 Å². The van der Waals surface area contributed by atoms with E-state index in [2.05, 4.69) is 9.97 Å². The number of aromatic nitrogens is 2. The van der Waals surface area contributed by atoms with Crippen molar-refractivity contribution >= 4 is 0 Å². The van der Waals surface area contributed by atoms with Gasteiger partial charge in [-0.15, -0.1) is 0 Å². The van der Waals surface area contributed by atoms with Crippen molar-refractivity contribution in [1.82, 2.24) is 9.97 Å². The Morgan fingerprint density at radius 2 is 2.28 bits per heavy atom. The molecule has 1 heterocycles. The summed E-state index contributed by atoms with van der Waals surface area (Å²) in [4.78, 5) is 7.43. The third-order valence-electron chi connectivity index (χ3n) is 2.79. The van der Waals surface area contributed by atoms with E-state index in [4.69, 9.17) is 10.5 Å². The first-order valence-corrected chi connectivity index (χ1v) is 5.74. The number of aryl methyl sites for hydroxylation is 1. The van der Waals surface area contributed by atoms with E-state index >= 15 is 0 Å². The lowest BCUT2D eigenvalue weighted by atomic mass is 10.1. The molecule has 5 nitrogen and oxygen atoms in total. The van der Waals surface area contributed by atoms with Gasteiger partial charge in [-0.2, -0.15) is 0 Å². The van der Waals surface area contributed by atoms with Crippen LogP contribution in [-0.2, 0) is 0 Å². The van der Waals surface area contributed by atoms with Crippen LogP contribution in [0.5, 0.6) is 5.75 Å². The SMILES string of the molecule is COc1cccc(-c2nc(C(O)CN)[nH]c2C)c1. The first-order valence-electron chi connectivity index (χ1n) is 5.74. The van der Waals surface area contributed by atoms with Crippen LogP contribution < -0.4 is 10.5 Å². The van der Waals surface area contributed by atoms with E-state index in [1.807, 2.05) is 31.2 Å². The molecule has 0 aliphatic carbocycles. The van der Waals surface area contributed by atoms with Crippen LogP contribution in [0.3, 0.4) is 0 Å². The third-order valence-corrected chi connectivity index (χ3v) is 2.79. The maximum atomic E-state index is 9.67. The number of benzene rings is 1. The minimum absolute atomic E-state index is 0.143. The van der Waals surface area contributed by atoms with Crippen molar-refractivity contribution < 1.29 is 9.84 Å². The average molecular weight is 247 g/mol. The molecule has 0 bridgehead atoms. The second-order valence-electron chi connectivity index (χ2n) is 4.08. The second-order valence-corrected chi connectivity index (χ2v) is 4.08. The summed E-state index contributed by atoms with van der Waals surface area (Å²) in [6, 6.07) is 7.63. The summed E-state index contributed by atoms with van der Waals surface area (Å²) in [6.07, 6.45) is -0.761. The molecule has 1 atom stereocenters. The predicted molar refractivity (Wildman–Crippen MR) is 69.3 cm³/mol. The van der Waals surface area contributed by atoms with Gasteiger partial charge < -0.3 is 20.6 Å². The molecule has 0 fully saturated rings. The summed E-state index contributed by atoms with van der Waals surface area (Å²) < 4.78 is 5.18. The highest BCUT2D eigenvalue weighted by molar-refractivity contribution is 5.63. The zero-order chi connectivity index (χ0) is 13.1. The third kappa shape index (κ3) is 2.37. The van der Waals surface area contributed by atoms with Crippen molar-refractivity contribution in [3.63, 3.8) is 0 Å². The Morgan fingerprint density at radius 3 is 2.94 bits per heavy atom. The number of nitrogens with two attached hydrogens (primary N) is 1. The first-order chi connectivity index (χ1) is 8.65. The fourth-order valence-corrected chi connectivity index (χ4v) is 1.80. The summed E-state index contributed by atoms with van der Waals surface area (Å²) >= 11 is 0. The monoisotopic (exact) mass is 247 g/mol. The van der Waals surface area contributed by atoms with Crippen LogP contribution in [0, 0.1) is 6.92 Å². The van der Waals surface area contributed by atoms with E-state index in [0.717, 1.165) is 22.7 Å². The van der Waals surface area contributed by atoms with Gasteiger partial charge in [0.2, 0.25) is 0 Å². The lowest BCUT2D eigenvalue weighted by molar-refractivity contribution is 0.177. The number of nitrogens with zero attached hydrogens (tertiary/aromatic N) is 1. The number of H-pyrrole nitrogens is 1. The van der Waals surface area contributed by atoms with Crippen LogP contribution in [0.1, 0.15) is 17.6 Å². The van der Waals surface area contributed by atoms with Gasteiger partial charge in [0.1, 0.15) is 17.7 Å². The number of aromatic amines is 1. The average Bonchev–Trinajstić information content (AvgIpc) is 2.80. The van der Waals surface area contributed by atoms with Crippen molar-refractivity contribution in [2.45, 2.75) is 13.0 Å². The van der Waals surface area contributed by atoms with Crippen molar-refractivity contribution in [2.75, 3.05) is 13.7 Å². The minimum atomic E-state index is -0.761. The van der Waals surface area contributed by atoms with Gasteiger partial charge in [-0.3, -0.25) is 0 Å². The standard InChI is InChI=1S/C13H17N3O2/c1-8-12(16-13(15-8)11(17)7-14)9-4-3-5-10(6-9)18-2/h3-6,11,17H,7,14H2,1-2H3,(H,15,16). The van der Waals surface area contributed by atoms with E-state index in [0.29, 0.717) is 5.82 Å². The lowest BCUT2D eigenvalue weighted by Gasteiger charge is -2.03. The molecule has 1 aromatic carbocycles. The Hall–Kier alpha value is -1.85. The number of imidazole rings is 1. The second kappa shape index (κ2) is 5.20. The maximum absolute atomic E-state index is 9.67. The molecule has 0 aliphatic heterocycles. The maximum Gasteiger partial charge on any atom is 0.137 e. The quantitative estimate of drug-likeness (QED) is 0.762. The fraction of sp³-hybridized carbons (Fsp3) is 0.308. The number of methoxy groups -OCH3 is 1. The van der Waals surface area contributed by atoms with Gasteiger partial charge in [-0.1, -0.05) is 12.1 Å². The van der Waals surface area contributed by atoms with Crippen LogP contribution in [0.4, 0.5) is 0 Å². The normalized spacial score (nSPS) is 12.4. The van der Waals surface area contributed by atoms with Crippen LogP contribution in [-0.4, -0.2) is 28.7 Å². The summed E-state index contributed by atoms with van der Waals surface area (Å²) in [5.74, 6) is 1.27. The molecule has 18 heavy (non-hydrogen) atoms.